The van der Waals surface area contributed by atoms with E-state index in [1.165, 1.54) is 14.0 Å². The third-order valence-corrected chi connectivity index (χ3v) is 16.5. The minimum Gasteiger partial charge on any atom is -0.497 e. The largest absolute Gasteiger partial charge is 0.497 e. The number of hydrogen-bond donors (Lipinski definition) is 0. The molecule has 4 aromatic heterocycles. The molecule has 0 bridgehead atoms. The van der Waals surface area contributed by atoms with Crippen molar-refractivity contribution in [1.29, 1.82) is 0 Å². The molecule has 4 atom stereocenters. The molecule has 4 heterocycles. The molecule has 408 valence electrons. The number of carbonyl (C=O) groups excluding carboxylic acids is 2. The van der Waals surface area contributed by atoms with E-state index in [2.05, 4.69) is 31.2 Å². The van der Waals surface area contributed by atoms with Gasteiger partial charge in [-0.05, 0) is 119 Å². The molecule has 0 saturated carbocycles. The van der Waals surface area contributed by atoms with Gasteiger partial charge in [0.1, 0.15) is 23.7 Å². The molecule has 10 rings (SSSR count). The van der Waals surface area contributed by atoms with Gasteiger partial charge in [0.05, 0.1) is 51.3 Å². The number of nitrogens with zero attached hydrogens (tertiary/aromatic N) is 2. The summed E-state index contributed by atoms with van der Waals surface area (Å²) in [5.74, 6) is 0.355. The van der Waals surface area contributed by atoms with Gasteiger partial charge in [-0.15, -0.1) is 22.7 Å². The van der Waals surface area contributed by atoms with Gasteiger partial charge in [0.25, 0.3) is 0 Å². The van der Waals surface area contributed by atoms with Gasteiger partial charge in [-0.3, -0.25) is 14.8 Å². The lowest BCUT2D eigenvalue weighted by Crippen LogP contribution is -2.43. The third-order valence-electron chi connectivity index (χ3n) is 14.3. The fourth-order valence-electron chi connectivity index (χ4n) is 10.0. The van der Waals surface area contributed by atoms with Crippen molar-refractivity contribution in [2.24, 2.45) is 0 Å². The highest BCUT2D eigenvalue weighted by molar-refractivity contribution is 7.10. The van der Waals surface area contributed by atoms with Crippen LogP contribution in [0.5, 0.6) is 11.5 Å². The van der Waals surface area contributed by atoms with Crippen LogP contribution in [0.2, 0.25) is 10.0 Å². The number of halogens is 2. The second-order valence-corrected chi connectivity index (χ2v) is 22.4. The summed E-state index contributed by atoms with van der Waals surface area (Å²) in [6.07, 6.45) is 0.703. The fourth-order valence-corrected chi connectivity index (χ4v) is 11.6. The first-order chi connectivity index (χ1) is 38.8. The molecule has 0 N–H and O–H groups in total. The van der Waals surface area contributed by atoms with Crippen LogP contribution < -0.4 is 9.47 Å². The highest BCUT2D eigenvalue weighted by Gasteiger charge is 2.47. The van der Waals surface area contributed by atoms with Crippen molar-refractivity contribution in [3.05, 3.63) is 258 Å². The Labute approximate surface area is 484 Å². The number of ether oxygens (including phenoxy) is 6. The Hall–Kier alpha value is -7.42. The van der Waals surface area contributed by atoms with Crippen molar-refractivity contribution >= 4 is 79.6 Å². The molecular formula is C66H60Cl2N2O8S2. The standard InChI is InChI=1S/C34H32ClNO4S.C32H28ClNO4S/c1-24(37)39-23-34(27-8-5-4-6-9-27,40-21-30-10-7-19-41-30)22-33(2,26-13-16-29(38-3)17-14-26)32-18-12-25-11-15-28(35)20-31(25)36-32;1-36-26-15-11-22(12-16-26)28(29-17-13-23-10-14-25(33)19-30(23)34-29)20-32(31(35)37-2,24-7-4-3-5-8-24)38-21-27-9-6-18-39-27/h4-20H,21-23H2,1-3H3;3-19,28H,20-21H2,1-2H3. The number of thiophene rings is 2. The number of methoxy groups -OCH3 is 3. The van der Waals surface area contributed by atoms with Gasteiger partial charge in [-0.25, -0.2) is 4.79 Å². The lowest BCUT2D eigenvalue weighted by atomic mass is 9.69. The van der Waals surface area contributed by atoms with Crippen molar-refractivity contribution in [1.82, 2.24) is 9.97 Å². The molecule has 0 aliphatic heterocycles. The summed E-state index contributed by atoms with van der Waals surface area (Å²) < 4.78 is 35.5. The topological polar surface area (TPSA) is 115 Å². The lowest BCUT2D eigenvalue weighted by Gasteiger charge is -2.42. The van der Waals surface area contributed by atoms with Crippen LogP contribution in [0.15, 0.2) is 205 Å². The van der Waals surface area contributed by atoms with Crippen LogP contribution in [0.25, 0.3) is 21.8 Å². The Morgan fingerprint density at radius 3 is 1.66 bits per heavy atom. The van der Waals surface area contributed by atoms with Crippen LogP contribution in [0.4, 0.5) is 0 Å². The fraction of sp³-hybridized carbons (Fsp3) is 0.212. The highest BCUT2D eigenvalue weighted by atomic mass is 35.5. The van der Waals surface area contributed by atoms with E-state index < -0.39 is 22.6 Å². The maximum Gasteiger partial charge on any atom is 0.342 e. The first-order valence-electron chi connectivity index (χ1n) is 25.9. The summed E-state index contributed by atoms with van der Waals surface area (Å²) in [7, 11) is 4.69. The van der Waals surface area contributed by atoms with Gasteiger partial charge < -0.3 is 28.4 Å². The van der Waals surface area contributed by atoms with E-state index in [-0.39, 0.29) is 31.5 Å². The Morgan fingerprint density at radius 1 is 0.575 bits per heavy atom. The maximum atomic E-state index is 13.7. The summed E-state index contributed by atoms with van der Waals surface area (Å²) in [4.78, 5) is 38.2. The average Bonchev–Trinajstić information content (AvgIpc) is 4.26. The highest BCUT2D eigenvalue weighted by Crippen LogP contribution is 2.47. The number of aromatic nitrogens is 2. The molecular weight excluding hydrogens is 1080 g/mol. The molecule has 0 aliphatic rings. The predicted molar refractivity (Wildman–Crippen MR) is 320 cm³/mol. The van der Waals surface area contributed by atoms with E-state index in [9.17, 15) is 9.59 Å². The summed E-state index contributed by atoms with van der Waals surface area (Å²) in [5.41, 5.74) is 3.79. The van der Waals surface area contributed by atoms with E-state index in [0.29, 0.717) is 23.1 Å². The van der Waals surface area contributed by atoms with Crippen LogP contribution in [-0.4, -0.2) is 49.8 Å². The first kappa shape index (κ1) is 57.3. The number of rotatable bonds is 21. The molecule has 10 nitrogen and oxygen atoms in total. The van der Waals surface area contributed by atoms with E-state index >= 15 is 0 Å². The molecule has 14 heteroatoms. The zero-order chi connectivity index (χ0) is 56.1. The van der Waals surface area contributed by atoms with Crippen LogP contribution in [0.3, 0.4) is 0 Å². The zero-order valence-electron chi connectivity index (χ0n) is 45.0. The molecule has 10 aromatic rings. The number of hydrogen-bond acceptors (Lipinski definition) is 12. The quantitative estimate of drug-likeness (QED) is 0.0644. The molecule has 0 saturated heterocycles. The van der Waals surface area contributed by atoms with Crippen LogP contribution >= 0.6 is 45.9 Å². The van der Waals surface area contributed by atoms with Crippen molar-refractivity contribution in [3.63, 3.8) is 0 Å². The Balaban J connectivity index is 0.000000194. The average molecular weight is 1140 g/mol. The molecule has 80 heavy (non-hydrogen) atoms. The third kappa shape index (κ3) is 13.4. The zero-order valence-corrected chi connectivity index (χ0v) is 48.1. The van der Waals surface area contributed by atoms with Crippen molar-refractivity contribution in [2.45, 2.75) is 62.4 Å². The molecule has 0 amide bonds. The normalized spacial score (nSPS) is 13.9. The Kier molecular flexibility index (Phi) is 18.8. The van der Waals surface area contributed by atoms with E-state index in [1.807, 2.05) is 181 Å². The monoisotopic (exact) mass is 1140 g/mol. The molecule has 6 aromatic carbocycles. The summed E-state index contributed by atoms with van der Waals surface area (Å²) in [5, 5.41) is 7.24. The van der Waals surface area contributed by atoms with Crippen LogP contribution in [0, 0.1) is 0 Å². The minimum atomic E-state index is -1.39. The summed E-state index contributed by atoms with van der Waals surface area (Å²) in [6, 6.07) is 62.9. The van der Waals surface area contributed by atoms with Crippen LogP contribution in [0.1, 0.15) is 76.0 Å². The van der Waals surface area contributed by atoms with Gasteiger partial charge in [-0.1, -0.05) is 145 Å². The number of carbonyl (C=O) groups is 2. The number of fused-ring (bicyclic) bond motifs is 2. The van der Waals surface area contributed by atoms with Gasteiger partial charge >= 0.3 is 11.9 Å². The summed E-state index contributed by atoms with van der Waals surface area (Å²) in [6.45, 7) is 4.26. The molecule has 0 radical (unpaired) electrons. The predicted octanol–water partition coefficient (Wildman–Crippen LogP) is 16.1. The SMILES string of the molecule is COC(=O)C(CC(c1ccc(OC)cc1)c1ccc2ccc(Cl)cc2n1)(OCc1cccs1)c1ccccc1.COc1ccc(C(C)(CC(COC(C)=O)(OCc2cccs2)c2ccccc2)c2ccc3ccc(Cl)cc3n2)cc1. The second-order valence-electron chi connectivity index (χ2n) is 19.4. The number of benzene rings is 6. The number of esters is 2. The van der Waals surface area contributed by atoms with Crippen molar-refractivity contribution in [3.8, 4) is 11.5 Å². The van der Waals surface area contributed by atoms with Gasteiger partial charge in [0, 0.05) is 60.9 Å². The Bertz CT molecular complexity index is 3630. The van der Waals surface area contributed by atoms with E-state index in [1.54, 1.807) is 36.9 Å². The maximum absolute atomic E-state index is 13.7. The molecule has 0 fully saturated rings. The van der Waals surface area contributed by atoms with Gasteiger partial charge in [0.2, 0.25) is 0 Å². The van der Waals surface area contributed by atoms with Crippen molar-refractivity contribution in [2.75, 3.05) is 27.9 Å². The van der Waals surface area contributed by atoms with Crippen LogP contribution in [-0.2, 0) is 58.4 Å². The minimum absolute atomic E-state index is 0.0445. The summed E-state index contributed by atoms with van der Waals surface area (Å²) >= 11 is 15.9. The first-order valence-corrected chi connectivity index (χ1v) is 28.4. The van der Waals surface area contributed by atoms with E-state index in [4.69, 9.17) is 61.6 Å². The van der Waals surface area contributed by atoms with E-state index in [0.717, 1.165) is 76.7 Å². The molecule has 0 aliphatic carbocycles. The Morgan fingerprint density at radius 2 is 1.11 bits per heavy atom. The lowest BCUT2D eigenvalue weighted by molar-refractivity contribution is -0.175. The number of pyridine rings is 2. The second kappa shape index (κ2) is 26.2. The molecule has 0 spiro atoms. The van der Waals surface area contributed by atoms with Gasteiger partial charge in [-0.2, -0.15) is 0 Å². The smallest absolute Gasteiger partial charge is 0.342 e. The van der Waals surface area contributed by atoms with Crippen molar-refractivity contribution < 1.29 is 38.0 Å². The molecule has 4 unspecified atom stereocenters. The van der Waals surface area contributed by atoms with Gasteiger partial charge in [0.15, 0.2) is 5.60 Å².